The van der Waals surface area contributed by atoms with Crippen LogP contribution in [0.4, 0.5) is 5.82 Å². The predicted molar refractivity (Wildman–Crippen MR) is 90.8 cm³/mol. The third kappa shape index (κ3) is 3.08. The highest BCUT2D eigenvalue weighted by atomic mass is 31.2. The highest BCUT2D eigenvalue weighted by Gasteiger charge is 2.26. The summed E-state index contributed by atoms with van der Waals surface area (Å²) in [4.78, 5) is 4.17. The lowest BCUT2D eigenvalue weighted by atomic mass is 10.4. The number of hydrogen-bond acceptors (Lipinski definition) is 3. The average Bonchev–Trinajstić information content (AvgIpc) is 2.62. The van der Waals surface area contributed by atoms with Crippen molar-refractivity contribution in [2.24, 2.45) is 0 Å². The summed E-state index contributed by atoms with van der Waals surface area (Å²) < 4.78 is 13.6. The number of hydrogen-bond donors (Lipinski definition) is 2. The van der Waals surface area contributed by atoms with E-state index in [0.717, 1.165) is 10.6 Å². The van der Waals surface area contributed by atoms with Gasteiger partial charge >= 0.3 is 0 Å². The zero-order chi connectivity index (χ0) is 15.3. The van der Waals surface area contributed by atoms with Gasteiger partial charge in [-0.1, -0.05) is 42.5 Å². The van der Waals surface area contributed by atoms with Crippen LogP contribution in [0.1, 0.15) is 0 Å². The molecule has 5 heteroatoms. The summed E-state index contributed by atoms with van der Waals surface area (Å²) in [6.45, 7) is 0. The van der Waals surface area contributed by atoms with Crippen LogP contribution >= 0.6 is 7.29 Å². The molecule has 1 heterocycles. The van der Waals surface area contributed by atoms with Crippen molar-refractivity contribution >= 4 is 23.7 Å². The largest absolute Gasteiger partial charge is 0.299 e. The number of rotatable bonds is 5. The summed E-state index contributed by atoms with van der Waals surface area (Å²) in [5, 5.41) is 4.47. The molecular formula is C17H16N3OP. The zero-order valence-corrected chi connectivity index (χ0v) is 12.8. The molecule has 0 aliphatic heterocycles. The van der Waals surface area contributed by atoms with Gasteiger partial charge in [-0.3, -0.25) is 9.99 Å². The van der Waals surface area contributed by atoms with Crippen molar-refractivity contribution in [1.29, 1.82) is 0 Å². The topological polar surface area (TPSA) is 54.0 Å². The highest BCUT2D eigenvalue weighted by Crippen LogP contribution is 2.38. The molecular weight excluding hydrogens is 293 g/mol. The number of aromatic nitrogens is 1. The van der Waals surface area contributed by atoms with Crippen molar-refractivity contribution in [3.8, 4) is 0 Å². The third-order valence-electron chi connectivity index (χ3n) is 3.25. The van der Waals surface area contributed by atoms with Crippen molar-refractivity contribution < 1.29 is 4.57 Å². The summed E-state index contributed by atoms with van der Waals surface area (Å²) in [7, 11) is -2.99. The Morgan fingerprint density at radius 2 is 1.27 bits per heavy atom. The van der Waals surface area contributed by atoms with Crippen LogP contribution in [0.5, 0.6) is 0 Å². The first-order chi connectivity index (χ1) is 10.8. The fourth-order valence-electron chi connectivity index (χ4n) is 2.13. The number of anilines is 1. The monoisotopic (exact) mass is 309 g/mol. The van der Waals surface area contributed by atoms with Crippen LogP contribution < -0.4 is 21.2 Å². The summed E-state index contributed by atoms with van der Waals surface area (Å²) in [6.07, 6.45) is 1.68. The normalized spacial score (nSPS) is 11.1. The Morgan fingerprint density at radius 3 is 1.77 bits per heavy atom. The molecule has 2 N–H and O–H groups in total. The Labute approximate surface area is 129 Å². The Morgan fingerprint density at radius 1 is 0.727 bits per heavy atom. The molecule has 0 spiro atoms. The maximum absolute atomic E-state index is 13.6. The Kier molecular flexibility index (Phi) is 4.33. The van der Waals surface area contributed by atoms with Gasteiger partial charge < -0.3 is 0 Å². The molecule has 2 aromatic carbocycles. The van der Waals surface area contributed by atoms with Gasteiger partial charge in [0, 0.05) is 16.8 Å². The maximum Gasteiger partial charge on any atom is 0.221 e. The van der Waals surface area contributed by atoms with Crippen LogP contribution in [0.2, 0.25) is 0 Å². The summed E-state index contributed by atoms with van der Waals surface area (Å²) in [6, 6.07) is 24.3. The molecule has 3 rings (SSSR count). The second kappa shape index (κ2) is 6.56. The van der Waals surface area contributed by atoms with Gasteiger partial charge in [-0.2, -0.15) is 5.20 Å². The molecule has 22 heavy (non-hydrogen) atoms. The summed E-state index contributed by atoms with van der Waals surface area (Å²) >= 11 is 0. The molecule has 0 atom stereocenters. The molecule has 0 fully saturated rings. The lowest BCUT2D eigenvalue weighted by Crippen LogP contribution is -2.31. The average molecular weight is 309 g/mol. The first-order valence-corrected chi connectivity index (χ1v) is 8.65. The fourth-order valence-corrected chi connectivity index (χ4v) is 4.14. The Balaban J connectivity index is 1.95. The van der Waals surface area contributed by atoms with Gasteiger partial charge in [-0.05, 0) is 36.4 Å². The van der Waals surface area contributed by atoms with Crippen molar-refractivity contribution in [1.82, 2.24) is 10.2 Å². The zero-order valence-electron chi connectivity index (χ0n) is 11.9. The van der Waals surface area contributed by atoms with Gasteiger partial charge in [0.2, 0.25) is 7.29 Å². The molecule has 1 aromatic heterocycles. The van der Waals surface area contributed by atoms with Crippen LogP contribution in [0.25, 0.3) is 0 Å². The van der Waals surface area contributed by atoms with E-state index in [1.165, 1.54) is 0 Å². The van der Waals surface area contributed by atoms with E-state index in [4.69, 9.17) is 0 Å². The van der Waals surface area contributed by atoms with Gasteiger partial charge in [0.05, 0.1) is 0 Å². The fraction of sp³-hybridized carbons (Fsp3) is 0. The Hall–Kier alpha value is -2.42. The van der Waals surface area contributed by atoms with Crippen LogP contribution in [0.15, 0.2) is 85.1 Å². The number of pyridine rings is 1. The number of hydrazine groups is 1. The summed E-state index contributed by atoms with van der Waals surface area (Å²) in [5.41, 5.74) is 2.96. The van der Waals surface area contributed by atoms with Crippen LogP contribution in [0.3, 0.4) is 0 Å². The van der Waals surface area contributed by atoms with E-state index < -0.39 is 7.29 Å². The van der Waals surface area contributed by atoms with Gasteiger partial charge in [-0.15, -0.1) is 0 Å². The first-order valence-electron chi connectivity index (χ1n) is 6.95. The maximum atomic E-state index is 13.6. The SMILES string of the molecule is O=P(NNc1ccccn1)(c1ccccc1)c1ccccc1. The molecule has 0 saturated carbocycles. The highest BCUT2D eigenvalue weighted by molar-refractivity contribution is 7.77. The van der Waals surface area contributed by atoms with E-state index in [-0.39, 0.29) is 0 Å². The minimum absolute atomic E-state index is 0.620. The number of benzene rings is 2. The lowest BCUT2D eigenvalue weighted by Gasteiger charge is -2.21. The smallest absolute Gasteiger partial charge is 0.221 e. The Bertz CT molecular complexity index is 720. The molecule has 0 amide bonds. The van der Waals surface area contributed by atoms with E-state index in [1.54, 1.807) is 6.20 Å². The van der Waals surface area contributed by atoms with Gasteiger partial charge in [0.1, 0.15) is 5.82 Å². The number of nitrogens with one attached hydrogen (secondary N) is 2. The third-order valence-corrected chi connectivity index (χ3v) is 5.72. The lowest BCUT2D eigenvalue weighted by molar-refractivity contribution is 0.581. The van der Waals surface area contributed by atoms with Crippen LogP contribution in [-0.2, 0) is 4.57 Å². The second-order valence-corrected chi connectivity index (χ2v) is 7.21. The van der Waals surface area contributed by atoms with E-state index in [0.29, 0.717) is 5.82 Å². The molecule has 0 unspecified atom stereocenters. The van der Waals surface area contributed by atoms with Crippen molar-refractivity contribution in [2.75, 3.05) is 5.43 Å². The van der Waals surface area contributed by atoms with Crippen LogP contribution in [-0.4, -0.2) is 4.98 Å². The predicted octanol–water partition coefficient (Wildman–Crippen LogP) is 2.93. The minimum atomic E-state index is -2.99. The molecule has 0 bridgehead atoms. The van der Waals surface area contributed by atoms with Crippen molar-refractivity contribution in [3.05, 3.63) is 85.1 Å². The van der Waals surface area contributed by atoms with Crippen LogP contribution in [0, 0.1) is 0 Å². The van der Waals surface area contributed by atoms with Gasteiger partial charge in [0.15, 0.2) is 0 Å². The van der Waals surface area contributed by atoms with Gasteiger partial charge in [0.25, 0.3) is 0 Å². The second-order valence-electron chi connectivity index (χ2n) is 4.73. The molecule has 0 saturated heterocycles. The van der Waals surface area contributed by atoms with E-state index in [2.05, 4.69) is 15.6 Å². The minimum Gasteiger partial charge on any atom is -0.299 e. The molecule has 3 aromatic rings. The van der Waals surface area contributed by atoms with Crippen molar-refractivity contribution in [3.63, 3.8) is 0 Å². The van der Waals surface area contributed by atoms with E-state index >= 15 is 0 Å². The van der Waals surface area contributed by atoms with E-state index in [1.807, 2.05) is 78.9 Å². The number of nitrogens with zero attached hydrogens (tertiary/aromatic N) is 1. The summed E-state index contributed by atoms with van der Waals surface area (Å²) in [5.74, 6) is 0.620. The van der Waals surface area contributed by atoms with E-state index in [9.17, 15) is 4.57 Å². The first kappa shape index (κ1) is 14.5. The van der Waals surface area contributed by atoms with Crippen molar-refractivity contribution in [2.45, 2.75) is 0 Å². The van der Waals surface area contributed by atoms with Gasteiger partial charge in [-0.25, -0.2) is 4.98 Å². The molecule has 110 valence electrons. The molecule has 0 radical (unpaired) electrons. The molecule has 0 aliphatic rings. The molecule has 4 nitrogen and oxygen atoms in total. The quantitative estimate of drug-likeness (QED) is 0.562. The standard InChI is InChI=1S/C17H16N3OP/c21-22(15-9-3-1-4-10-15,16-11-5-2-6-12-16)20-19-17-13-7-8-14-18-17/h1-14H,(H,18,19)(H,20,21). The molecule has 0 aliphatic carbocycles.